The Kier molecular flexibility index (Phi) is 5.45. The van der Waals surface area contributed by atoms with E-state index in [1.54, 1.807) is 13.2 Å². The van der Waals surface area contributed by atoms with Gasteiger partial charge in [0, 0.05) is 25.4 Å². The van der Waals surface area contributed by atoms with Crippen LogP contribution in [0.4, 0.5) is 5.82 Å². The van der Waals surface area contributed by atoms with E-state index in [0.29, 0.717) is 25.4 Å². The summed E-state index contributed by atoms with van der Waals surface area (Å²) in [5.74, 6) is 0.669. The smallest absolute Gasteiger partial charge is 0.224 e. The van der Waals surface area contributed by atoms with E-state index in [-0.39, 0.29) is 5.28 Å². The summed E-state index contributed by atoms with van der Waals surface area (Å²) >= 11 is 5.71. The van der Waals surface area contributed by atoms with Gasteiger partial charge in [-0.25, -0.2) is 9.97 Å². The molecular formula is C10H16ClN3O2. The minimum Gasteiger partial charge on any atom is -0.391 e. The first-order valence-electron chi connectivity index (χ1n) is 5.04. The second-order valence-corrected chi connectivity index (χ2v) is 3.83. The van der Waals surface area contributed by atoms with Gasteiger partial charge in [-0.15, -0.1) is 0 Å². The minimum absolute atomic E-state index is 0.222. The average Bonchev–Trinajstić information content (AvgIpc) is 2.16. The van der Waals surface area contributed by atoms with Crippen molar-refractivity contribution in [2.24, 2.45) is 0 Å². The first-order chi connectivity index (χ1) is 7.61. The Bertz CT molecular complexity index is 316. The average molecular weight is 246 g/mol. The highest BCUT2D eigenvalue weighted by molar-refractivity contribution is 6.28. The van der Waals surface area contributed by atoms with Crippen LogP contribution < -0.4 is 5.32 Å². The number of rotatable bonds is 6. The van der Waals surface area contributed by atoms with Gasteiger partial charge in [0.05, 0.1) is 12.7 Å². The zero-order chi connectivity index (χ0) is 12.0. The number of aryl methyl sites for hydroxylation is 1. The van der Waals surface area contributed by atoms with Crippen LogP contribution in [0.3, 0.4) is 0 Å². The van der Waals surface area contributed by atoms with Crippen molar-refractivity contribution in [3.05, 3.63) is 17.0 Å². The summed E-state index contributed by atoms with van der Waals surface area (Å²) in [7, 11) is 1.56. The molecule has 1 aromatic rings. The number of halogens is 1. The molecule has 0 bridgehead atoms. The molecule has 1 heterocycles. The summed E-state index contributed by atoms with van der Waals surface area (Å²) < 4.78 is 4.82. The number of anilines is 1. The molecular weight excluding hydrogens is 230 g/mol. The van der Waals surface area contributed by atoms with Gasteiger partial charge in [-0.05, 0) is 24.9 Å². The Morgan fingerprint density at radius 2 is 2.31 bits per heavy atom. The zero-order valence-electron chi connectivity index (χ0n) is 9.40. The number of methoxy groups -OCH3 is 1. The van der Waals surface area contributed by atoms with Crippen LogP contribution in [0.15, 0.2) is 6.07 Å². The van der Waals surface area contributed by atoms with Crippen molar-refractivity contribution in [3.8, 4) is 0 Å². The predicted octanol–water partition coefficient (Wildman–Crippen LogP) is 1.25. The van der Waals surface area contributed by atoms with Crippen LogP contribution in [0.5, 0.6) is 0 Å². The molecule has 0 aromatic carbocycles. The fourth-order valence-electron chi connectivity index (χ4n) is 1.27. The number of nitrogens with one attached hydrogen (secondary N) is 1. The molecule has 0 aliphatic rings. The molecule has 1 unspecified atom stereocenters. The summed E-state index contributed by atoms with van der Waals surface area (Å²) in [4.78, 5) is 7.96. The van der Waals surface area contributed by atoms with Crippen molar-refractivity contribution in [3.63, 3.8) is 0 Å². The van der Waals surface area contributed by atoms with Crippen molar-refractivity contribution < 1.29 is 9.84 Å². The summed E-state index contributed by atoms with van der Waals surface area (Å²) in [6, 6.07) is 1.80. The molecule has 16 heavy (non-hydrogen) atoms. The van der Waals surface area contributed by atoms with Crippen molar-refractivity contribution in [2.75, 3.05) is 25.6 Å². The number of hydrogen-bond acceptors (Lipinski definition) is 5. The molecule has 0 aliphatic heterocycles. The number of ether oxygens (including phenoxy) is 1. The van der Waals surface area contributed by atoms with Crippen LogP contribution in [0.2, 0.25) is 5.28 Å². The first kappa shape index (κ1) is 13.2. The van der Waals surface area contributed by atoms with E-state index in [0.717, 1.165) is 5.69 Å². The highest BCUT2D eigenvalue weighted by atomic mass is 35.5. The fourth-order valence-corrected chi connectivity index (χ4v) is 1.49. The molecule has 5 nitrogen and oxygen atoms in total. The molecule has 0 radical (unpaired) electrons. The van der Waals surface area contributed by atoms with Crippen molar-refractivity contribution >= 4 is 17.4 Å². The van der Waals surface area contributed by atoms with E-state index in [9.17, 15) is 5.11 Å². The summed E-state index contributed by atoms with van der Waals surface area (Å²) in [5.41, 5.74) is 0.805. The molecule has 1 rings (SSSR count). The third-order valence-electron chi connectivity index (χ3n) is 1.97. The summed E-state index contributed by atoms with van der Waals surface area (Å²) in [5, 5.41) is 12.7. The van der Waals surface area contributed by atoms with Gasteiger partial charge in [0.15, 0.2) is 0 Å². The van der Waals surface area contributed by atoms with Gasteiger partial charge in [-0.3, -0.25) is 0 Å². The molecule has 90 valence electrons. The second-order valence-electron chi connectivity index (χ2n) is 3.49. The third kappa shape index (κ3) is 4.74. The van der Waals surface area contributed by atoms with Crippen molar-refractivity contribution in [2.45, 2.75) is 19.4 Å². The topological polar surface area (TPSA) is 67.3 Å². The van der Waals surface area contributed by atoms with Crippen LogP contribution >= 0.6 is 11.6 Å². The van der Waals surface area contributed by atoms with Gasteiger partial charge in [-0.2, -0.15) is 0 Å². The Morgan fingerprint density at radius 3 is 2.94 bits per heavy atom. The lowest BCUT2D eigenvalue weighted by atomic mass is 10.2. The quantitative estimate of drug-likeness (QED) is 0.739. The third-order valence-corrected chi connectivity index (χ3v) is 2.14. The largest absolute Gasteiger partial charge is 0.391 e. The summed E-state index contributed by atoms with van der Waals surface area (Å²) in [6.45, 7) is 2.79. The number of aliphatic hydroxyl groups is 1. The molecule has 2 N–H and O–H groups in total. The normalized spacial score (nSPS) is 12.5. The molecule has 1 aromatic heterocycles. The highest BCUT2D eigenvalue weighted by Gasteiger charge is 2.04. The van der Waals surface area contributed by atoms with E-state index < -0.39 is 6.10 Å². The molecule has 6 heteroatoms. The van der Waals surface area contributed by atoms with Crippen LogP contribution in [0.1, 0.15) is 12.1 Å². The van der Waals surface area contributed by atoms with Gasteiger partial charge >= 0.3 is 0 Å². The Hall–Kier alpha value is -0.910. The van der Waals surface area contributed by atoms with Gasteiger partial charge in [0.25, 0.3) is 0 Å². The van der Waals surface area contributed by atoms with Crippen LogP contribution in [0.25, 0.3) is 0 Å². The highest BCUT2D eigenvalue weighted by Crippen LogP contribution is 2.09. The standard InChI is InChI=1S/C10H16ClN3O2/c1-7-5-9(14-10(11)13-7)12-4-3-8(15)6-16-2/h5,8,15H,3-4,6H2,1-2H3,(H,12,13,14). The van der Waals surface area contributed by atoms with Gasteiger partial charge < -0.3 is 15.2 Å². The van der Waals surface area contributed by atoms with Crippen molar-refractivity contribution in [1.82, 2.24) is 9.97 Å². The lowest BCUT2D eigenvalue weighted by molar-refractivity contribution is 0.0615. The molecule has 1 atom stereocenters. The lowest BCUT2D eigenvalue weighted by Crippen LogP contribution is -2.18. The van der Waals surface area contributed by atoms with Crippen LogP contribution in [0, 0.1) is 6.92 Å². The fraction of sp³-hybridized carbons (Fsp3) is 0.600. The maximum atomic E-state index is 9.41. The molecule has 0 amide bonds. The van der Waals surface area contributed by atoms with E-state index in [2.05, 4.69) is 15.3 Å². The lowest BCUT2D eigenvalue weighted by Gasteiger charge is -2.10. The molecule has 0 fully saturated rings. The SMILES string of the molecule is COCC(O)CCNc1cc(C)nc(Cl)n1. The van der Waals surface area contributed by atoms with Crippen molar-refractivity contribution in [1.29, 1.82) is 0 Å². The molecule has 0 saturated heterocycles. The summed E-state index contributed by atoms with van der Waals surface area (Å²) in [6.07, 6.45) is 0.130. The van der Waals surface area contributed by atoms with Gasteiger partial charge in [0.2, 0.25) is 5.28 Å². The van der Waals surface area contributed by atoms with Gasteiger partial charge in [-0.1, -0.05) is 0 Å². The molecule has 0 saturated carbocycles. The predicted molar refractivity (Wildman–Crippen MR) is 62.8 cm³/mol. The van der Waals surface area contributed by atoms with E-state index in [1.165, 1.54) is 0 Å². The number of aromatic nitrogens is 2. The van der Waals surface area contributed by atoms with E-state index in [4.69, 9.17) is 16.3 Å². The van der Waals surface area contributed by atoms with Crippen LogP contribution in [-0.4, -0.2) is 41.4 Å². The Balaban J connectivity index is 2.37. The number of aliphatic hydroxyl groups excluding tert-OH is 1. The van der Waals surface area contributed by atoms with Gasteiger partial charge in [0.1, 0.15) is 5.82 Å². The molecule has 0 aliphatic carbocycles. The van der Waals surface area contributed by atoms with Crippen LogP contribution in [-0.2, 0) is 4.74 Å². The Morgan fingerprint density at radius 1 is 1.56 bits per heavy atom. The monoisotopic (exact) mass is 245 g/mol. The maximum absolute atomic E-state index is 9.41. The van der Waals surface area contributed by atoms with E-state index >= 15 is 0 Å². The minimum atomic E-state index is -0.462. The number of nitrogens with zero attached hydrogens (tertiary/aromatic N) is 2. The second kappa shape index (κ2) is 6.62. The number of hydrogen-bond donors (Lipinski definition) is 2. The molecule has 0 spiro atoms. The Labute approximate surface area is 99.8 Å². The van der Waals surface area contributed by atoms with E-state index in [1.807, 2.05) is 6.92 Å². The first-order valence-corrected chi connectivity index (χ1v) is 5.41. The zero-order valence-corrected chi connectivity index (χ0v) is 10.2. The maximum Gasteiger partial charge on any atom is 0.224 e.